The minimum absolute atomic E-state index is 0.0392. The molecule has 0 aliphatic carbocycles. The lowest BCUT2D eigenvalue weighted by molar-refractivity contribution is 0.597. The van der Waals surface area contributed by atoms with Crippen LogP contribution in [0.4, 0.5) is 20.3 Å². The van der Waals surface area contributed by atoms with Crippen molar-refractivity contribution in [3.05, 3.63) is 51.6 Å². The third-order valence-corrected chi connectivity index (χ3v) is 2.96. The van der Waals surface area contributed by atoms with Crippen molar-refractivity contribution in [2.24, 2.45) is 0 Å². The fraction of sp³-hybridized carbons (Fsp3) is 0.0769. The minimum Gasteiger partial charge on any atom is -0.338 e. The normalized spacial score (nSPS) is 10.1. The molecule has 1 aromatic carbocycles. The summed E-state index contributed by atoms with van der Waals surface area (Å²) in [7, 11) is 0. The van der Waals surface area contributed by atoms with Crippen LogP contribution in [-0.4, -0.2) is 4.98 Å². The van der Waals surface area contributed by atoms with Gasteiger partial charge in [-0.3, -0.25) is 0 Å². The van der Waals surface area contributed by atoms with Crippen LogP contribution < -0.4 is 5.32 Å². The average Bonchev–Trinajstić information content (AvgIpc) is 2.35. The van der Waals surface area contributed by atoms with Gasteiger partial charge in [-0.05, 0) is 41.1 Å². The first-order valence-electron chi connectivity index (χ1n) is 5.30. The molecule has 0 atom stereocenters. The Morgan fingerprint density at radius 3 is 2.63 bits per heavy atom. The van der Waals surface area contributed by atoms with Crippen molar-refractivity contribution in [2.45, 2.75) is 6.92 Å². The zero-order valence-corrected chi connectivity index (χ0v) is 11.4. The molecule has 2 rings (SSSR count). The number of hydrogen-bond donors (Lipinski definition) is 1. The predicted octanol–water partition coefficient (Wildman–Crippen LogP) is 4.05. The Balaban J connectivity index is 2.39. The van der Waals surface area contributed by atoms with E-state index in [4.69, 9.17) is 5.26 Å². The molecule has 6 heteroatoms. The second kappa shape index (κ2) is 5.33. The lowest BCUT2D eigenvalue weighted by Crippen LogP contribution is -1.99. The molecule has 96 valence electrons. The van der Waals surface area contributed by atoms with Crippen LogP contribution in [0.25, 0.3) is 0 Å². The first kappa shape index (κ1) is 13.4. The second-order valence-electron chi connectivity index (χ2n) is 3.87. The molecule has 2 aromatic rings. The van der Waals surface area contributed by atoms with E-state index in [9.17, 15) is 8.78 Å². The highest BCUT2D eigenvalue weighted by atomic mass is 79.9. The van der Waals surface area contributed by atoms with Crippen molar-refractivity contribution >= 4 is 27.4 Å². The molecule has 0 radical (unpaired) electrons. The Morgan fingerprint density at radius 2 is 1.95 bits per heavy atom. The predicted molar refractivity (Wildman–Crippen MR) is 71.0 cm³/mol. The smallest absolute Gasteiger partial charge is 0.148 e. The Labute approximate surface area is 117 Å². The Hall–Kier alpha value is -2.00. The van der Waals surface area contributed by atoms with E-state index in [1.807, 2.05) is 6.07 Å². The van der Waals surface area contributed by atoms with E-state index in [0.717, 1.165) is 12.1 Å². The molecule has 19 heavy (non-hydrogen) atoms. The summed E-state index contributed by atoms with van der Waals surface area (Å²) in [5, 5.41) is 11.5. The first-order valence-corrected chi connectivity index (χ1v) is 6.09. The van der Waals surface area contributed by atoms with Crippen molar-refractivity contribution in [1.82, 2.24) is 4.98 Å². The van der Waals surface area contributed by atoms with Crippen LogP contribution in [0, 0.1) is 29.9 Å². The summed E-state index contributed by atoms with van der Waals surface area (Å²) in [4.78, 5) is 4.11. The molecule has 1 heterocycles. The summed E-state index contributed by atoms with van der Waals surface area (Å²) in [6.07, 6.45) is 0. The van der Waals surface area contributed by atoms with E-state index in [-0.39, 0.29) is 16.0 Å². The van der Waals surface area contributed by atoms with Gasteiger partial charge in [0.15, 0.2) is 0 Å². The summed E-state index contributed by atoms with van der Waals surface area (Å²) in [6.45, 7) is 1.71. The summed E-state index contributed by atoms with van der Waals surface area (Å²) in [6, 6.07) is 7.09. The lowest BCUT2D eigenvalue weighted by Gasteiger charge is -2.09. The molecule has 0 amide bonds. The van der Waals surface area contributed by atoms with Crippen molar-refractivity contribution in [3.63, 3.8) is 0 Å². The molecule has 0 spiro atoms. The molecule has 0 bridgehead atoms. The number of rotatable bonds is 2. The van der Waals surface area contributed by atoms with Gasteiger partial charge in [-0.25, -0.2) is 13.8 Å². The topological polar surface area (TPSA) is 48.7 Å². The maximum absolute atomic E-state index is 13.6. The number of nitriles is 1. The lowest BCUT2D eigenvalue weighted by atomic mass is 10.2. The van der Waals surface area contributed by atoms with Crippen LogP contribution in [0.3, 0.4) is 0 Å². The highest BCUT2D eigenvalue weighted by molar-refractivity contribution is 9.10. The number of aromatic nitrogens is 1. The van der Waals surface area contributed by atoms with Gasteiger partial charge in [-0.2, -0.15) is 5.26 Å². The number of nitrogens with one attached hydrogen (secondary N) is 1. The average molecular weight is 324 g/mol. The molecular formula is C13H8BrF2N3. The number of hydrogen-bond acceptors (Lipinski definition) is 3. The highest BCUT2D eigenvalue weighted by Gasteiger charge is 2.09. The zero-order valence-electron chi connectivity index (χ0n) is 9.84. The van der Waals surface area contributed by atoms with Crippen LogP contribution >= 0.6 is 15.9 Å². The van der Waals surface area contributed by atoms with Crippen molar-refractivity contribution < 1.29 is 8.78 Å². The van der Waals surface area contributed by atoms with Gasteiger partial charge in [0.2, 0.25) is 0 Å². The summed E-state index contributed by atoms with van der Waals surface area (Å²) < 4.78 is 27.1. The second-order valence-corrected chi connectivity index (χ2v) is 4.72. The number of nitrogens with zero attached hydrogens (tertiary/aromatic N) is 2. The molecule has 0 aliphatic heterocycles. The van der Waals surface area contributed by atoms with Crippen LogP contribution in [0.5, 0.6) is 0 Å². The molecule has 0 saturated carbocycles. The molecule has 0 fully saturated rings. The fourth-order valence-electron chi connectivity index (χ4n) is 1.55. The maximum Gasteiger partial charge on any atom is 0.148 e. The number of aryl methyl sites for hydroxylation is 1. The van der Waals surface area contributed by atoms with Gasteiger partial charge in [0.1, 0.15) is 17.5 Å². The van der Waals surface area contributed by atoms with Gasteiger partial charge in [0, 0.05) is 11.8 Å². The van der Waals surface area contributed by atoms with Crippen molar-refractivity contribution in [2.75, 3.05) is 5.32 Å². The third-order valence-electron chi connectivity index (χ3n) is 2.36. The Kier molecular flexibility index (Phi) is 3.76. The van der Waals surface area contributed by atoms with Gasteiger partial charge in [0.05, 0.1) is 21.8 Å². The number of benzene rings is 1. The summed E-state index contributed by atoms with van der Waals surface area (Å²) in [5.74, 6) is -0.913. The van der Waals surface area contributed by atoms with Crippen molar-refractivity contribution in [1.29, 1.82) is 5.26 Å². The SMILES string of the molecule is Cc1cc(C#N)cc(Nc2cc(F)c(Br)cc2F)n1. The fourth-order valence-corrected chi connectivity index (χ4v) is 1.87. The van der Waals surface area contributed by atoms with Crippen LogP contribution in [0.2, 0.25) is 0 Å². The Bertz CT molecular complexity index is 680. The standard InChI is InChI=1S/C13H8BrF2N3/c1-7-2-8(6-17)3-13(18-7)19-12-5-10(15)9(14)4-11(12)16/h2-5H,1H3,(H,18,19). The van der Waals surface area contributed by atoms with Crippen molar-refractivity contribution in [3.8, 4) is 6.07 Å². The monoisotopic (exact) mass is 323 g/mol. The van der Waals surface area contributed by atoms with E-state index in [0.29, 0.717) is 11.3 Å². The van der Waals surface area contributed by atoms with E-state index < -0.39 is 11.6 Å². The maximum atomic E-state index is 13.6. The van der Waals surface area contributed by atoms with E-state index in [1.54, 1.807) is 13.0 Å². The van der Waals surface area contributed by atoms with Crippen LogP contribution in [-0.2, 0) is 0 Å². The van der Waals surface area contributed by atoms with Gasteiger partial charge >= 0.3 is 0 Å². The minimum atomic E-state index is -0.616. The van der Waals surface area contributed by atoms with Gasteiger partial charge < -0.3 is 5.32 Å². The Morgan fingerprint density at radius 1 is 1.21 bits per heavy atom. The molecule has 1 N–H and O–H groups in total. The third kappa shape index (κ3) is 3.06. The number of anilines is 2. The van der Waals surface area contributed by atoms with Crippen LogP contribution in [0.15, 0.2) is 28.7 Å². The van der Waals surface area contributed by atoms with Gasteiger partial charge in [0.25, 0.3) is 0 Å². The van der Waals surface area contributed by atoms with Crippen LogP contribution in [0.1, 0.15) is 11.3 Å². The van der Waals surface area contributed by atoms with E-state index >= 15 is 0 Å². The largest absolute Gasteiger partial charge is 0.338 e. The summed E-state index contributed by atoms with van der Waals surface area (Å²) in [5.41, 5.74) is 0.968. The quantitative estimate of drug-likeness (QED) is 0.848. The molecular weight excluding hydrogens is 316 g/mol. The van der Waals surface area contributed by atoms with E-state index in [2.05, 4.69) is 26.2 Å². The molecule has 0 aliphatic rings. The number of pyridine rings is 1. The van der Waals surface area contributed by atoms with Gasteiger partial charge in [-0.15, -0.1) is 0 Å². The molecule has 0 unspecified atom stereocenters. The van der Waals surface area contributed by atoms with E-state index in [1.165, 1.54) is 6.07 Å². The molecule has 3 nitrogen and oxygen atoms in total. The zero-order chi connectivity index (χ0) is 14.0. The first-order chi connectivity index (χ1) is 8.99. The molecule has 1 aromatic heterocycles. The molecule has 0 saturated heterocycles. The highest BCUT2D eigenvalue weighted by Crippen LogP contribution is 2.25. The summed E-state index contributed by atoms with van der Waals surface area (Å²) >= 11 is 2.90. The number of halogens is 3. The van der Waals surface area contributed by atoms with Gasteiger partial charge in [-0.1, -0.05) is 0 Å².